The summed E-state index contributed by atoms with van der Waals surface area (Å²) in [6.45, 7) is 2.69. The van der Waals surface area contributed by atoms with Crippen LogP contribution < -0.4 is 10.7 Å². The molecule has 1 aromatic heterocycles. The highest BCUT2D eigenvalue weighted by Gasteiger charge is 2.12. The van der Waals surface area contributed by atoms with E-state index in [0.29, 0.717) is 16.4 Å². The van der Waals surface area contributed by atoms with Crippen LogP contribution in [0.3, 0.4) is 0 Å². The van der Waals surface area contributed by atoms with Crippen LogP contribution in [0.15, 0.2) is 12.3 Å². The molecule has 1 amide bonds. The maximum atomic E-state index is 11.7. The highest BCUT2D eigenvalue weighted by atomic mass is 35.5. The minimum absolute atomic E-state index is 0.253. The molecule has 1 aromatic rings. The van der Waals surface area contributed by atoms with Crippen molar-refractivity contribution in [2.24, 2.45) is 0 Å². The van der Waals surface area contributed by atoms with E-state index in [9.17, 15) is 4.79 Å². The fraction of sp³-hybridized carbons (Fsp3) is 0.400. The number of nitrogens with one attached hydrogen (secondary N) is 2. The van der Waals surface area contributed by atoms with Gasteiger partial charge in [0.1, 0.15) is 5.82 Å². The van der Waals surface area contributed by atoms with Crippen LogP contribution in [0.5, 0.6) is 0 Å². The van der Waals surface area contributed by atoms with Gasteiger partial charge in [-0.05, 0) is 13.0 Å². The summed E-state index contributed by atoms with van der Waals surface area (Å²) < 4.78 is 0. The Morgan fingerprint density at radius 3 is 2.81 bits per heavy atom. The van der Waals surface area contributed by atoms with Crippen LogP contribution in [0.1, 0.15) is 17.3 Å². The number of aromatic nitrogens is 1. The van der Waals surface area contributed by atoms with Gasteiger partial charge in [-0.1, -0.05) is 11.6 Å². The van der Waals surface area contributed by atoms with E-state index in [0.717, 1.165) is 6.54 Å². The standard InChI is InChI=1S/C10H15ClN4O/c1-4-12-9-5-7(8(11)6-13-9)10(16)14-15(2)3/h5-6H,4H2,1-3H3,(H,12,13)(H,14,16). The Bertz CT molecular complexity index is 381. The number of anilines is 1. The third-order valence-electron chi connectivity index (χ3n) is 1.78. The zero-order chi connectivity index (χ0) is 12.1. The molecule has 0 aliphatic rings. The number of nitrogens with zero attached hydrogens (tertiary/aromatic N) is 2. The Morgan fingerprint density at radius 1 is 1.56 bits per heavy atom. The number of amides is 1. The van der Waals surface area contributed by atoms with Crippen LogP contribution in [-0.4, -0.2) is 36.5 Å². The molecule has 0 saturated carbocycles. The van der Waals surface area contributed by atoms with Crippen LogP contribution >= 0.6 is 11.6 Å². The van der Waals surface area contributed by atoms with Crippen molar-refractivity contribution in [1.82, 2.24) is 15.4 Å². The lowest BCUT2D eigenvalue weighted by Gasteiger charge is -2.13. The van der Waals surface area contributed by atoms with E-state index in [1.165, 1.54) is 6.20 Å². The molecule has 1 heterocycles. The minimum atomic E-state index is -0.253. The Morgan fingerprint density at radius 2 is 2.25 bits per heavy atom. The average Bonchev–Trinajstić information content (AvgIpc) is 2.20. The zero-order valence-electron chi connectivity index (χ0n) is 9.54. The number of hydrogen-bond donors (Lipinski definition) is 2. The topological polar surface area (TPSA) is 57.3 Å². The molecule has 0 aliphatic carbocycles. The molecule has 0 spiro atoms. The highest BCUT2D eigenvalue weighted by Crippen LogP contribution is 2.17. The first-order chi connectivity index (χ1) is 7.54. The lowest BCUT2D eigenvalue weighted by atomic mass is 10.2. The SMILES string of the molecule is CCNc1cc(C(=O)NN(C)C)c(Cl)cn1. The molecule has 0 bridgehead atoms. The summed E-state index contributed by atoms with van der Waals surface area (Å²) in [5.41, 5.74) is 3.03. The van der Waals surface area contributed by atoms with Gasteiger partial charge in [-0.15, -0.1) is 0 Å². The third kappa shape index (κ3) is 3.36. The van der Waals surface area contributed by atoms with E-state index in [-0.39, 0.29) is 5.91 Å². The quantitative estimate of drug-likeness (QED) is 0.784. The monoisotopic (exact) mass is 242 g/mol. The van der Waals surface area contributed by atoms with Gasteiger partial charge in [0.2, 0.25) is 0 Å². The maximum Gasteiger partial charge on any atom is 0.267 e. The predicted molar refractivity (Wildman–Crippen MR) is 64.6 cm³/mol. The maximum absolute atomic E-state index is 11.7. The Kier molecular flexibility index (Phi) is 4.52. The summed E-state index contributed by atoms with van der Waals surface area (Å²) in [6.07, 6.45) is 1.46. The molecule has 88 valence electrons. The summed E-state index contributed by atoms with van der Waals surface area (Å²) >= 11 is 5.91. The van der Waals surface area contributed by atoms with E-state index >= 15 is 0 Å². The second-order valence-electron chi connectivity index (χ2n) is 3.42. The first-order valence-corrected chi connectivity index (χ1v) is 5.30. The second kappa shape index (κ2) is 5.67. The normalized spacial score (nSPS) is 10.3. The van der Waals surface area contributed by atoms with Crippen molar-refractivity contribution < 1.29 is 4.79 Å². The average molecular weight is 243 g/mol. The van der Waals surface area contributed by atoms with Gasteiger partial charge in [-0.2, -0.15) is 0 Å². The molecule has 0 atom stereocenters. The molecule has 16 heavy (non-hydrogen) atoms. The van der Waals surface area contributed by atoms with Crippen molar-refractivity contribution in [3.8, 4) is 0 Å². The van der Waals surface area contributed by atoms with Crippen molar-refractivity contribution in [3.63, 3.8) is 0 Å². The molecule has 0 aliphatic heterocycles. The molecule has 0 fully saturated rings. The number of halogens is 1. The lowest BCUT2D eigenvalue weighted by Crippen LogP contribution is -2.36. The van der Waals surface area contributed by atoms with Crippen LogP contribution in [0.25, 0.3) is 0 Å². The molecular weight excluding hydrogens is 228 g/mol. The zero-order valence-corrected chi connectivity index (χ0v) is 10.3. The van der Waals surface area contributed by atoms with Crippen molar-refractivity contribution in [2.45, 2.75) is 6.92 Å². The van der Waals surface area contributed by atoms with Gasteiger partial charge < -0.3 is 5.32 Å². The van der Waals surface area contributed by atoms with E-state index in [1.54, 1.807) is 25.2 Å². The molecule has 2 N–H and O–H groups in total. The van der Waals surface area contributed by atoms with Crippen molar-refractivity contribution >= 4 is 23.3 Å². The fourth-order valence-electron chi connectivity index (χ4n) is 1.15. The first-order valence-electron chi connectivity index (χ1n) is 4.92. The van der Waals surface area contributed by atoms with Crippen LogP contribution in [0.2, 0.25) is 5.02 Å². The molecular formula is C10H15ClN4O. The number of rotatable bonds is 4. The van der Waals surface area contributed by atoms with Crippen molar-refractivity contribution in [3.05, 3.63) is 22.8 Å². The molecule has 5 nitrogen and oxygen atoms in total. The molecule has 0 saturated heterocycles. The Balaban J connectivity index is 2.93. The van der Waals surface area contributed by atoms with Crippen LogP contribution in [-0.2, 0) is 0 Å². The molecule has 0 radical (unpaired) electrons. The van der Waals surface area contributed by atoms with Crippen molar-refractivity contribution in [2.75, 3.05) is 26.0 Å². The Hall–Kier alpha value is -1.33. The number of carbonyl (C=O) groups excluding carboxylic acids is 1. The van der Waals surface area contributed by atoms with Crippen LogP contribution in [0.4, 0.5) is 5.82 Å². The van der Waals surface area contributed by atoms with Gasteiger partial charge in [0, 0.05) is 26.8 Å². The molecule has 1 rings (SSSR count). The largest absolute Gasteiger partial charge is 0.370 e. The smallest absolute Gasteiger partial charge is 0.267 e. The van der Waals surface area contributed by atoms with Gasteiger partial charge in [0.05, 0.1) is 10.6 Å². The van der Waals surface area contributed by atoms with E-state index < -0.39 is 0 Å². The van der Waals surface area contributed by atoms with E-state index in [4.69, 9.17) is 11.6 Å². The number of hydrazine groups is 1. The lowest BCUT2D eigenvalue weighted by molar-refractivity contribution is 0.0857. The summed E-state index contributed by atoms with van der Waals surface area (Å²) in [7, 11) is 3.47. The van der Waals surface area contributed by atoms with E-state index in [2.05, 4.69) is 15.7 Å². The van der Waals surface area contributed by atoms with Gasteiger partial charge in [-0.3, -0.25) is 10.2 Å². The summed E-state index contributed by atoms with van der Waals surface area (Å²) in [5.74, 6) is 0.382. The second-order valence-corrected chi connectivity index (χ2v) is 3.82. The number of hydrogen-bond acceptors (Lipinski definition) is 4. The van der Waals surface area contributed by atoms with Crippen molar-refractivity contribution in [1.29, 1.82) is 0 Å². The van der Waals surface area contributed by atoms with Crippen LogP contribution in [0, 0.1) is 0 Å². The summed E-state index contributed by atoms with van der Waals surface area (Å²) in [5, 5.41) is 4.92. The highest BCUT2D eigenvalue weighted by molar-refractivity contribution is 6.33. The Labute approximate surface area is 99.8 Å². The van der Waals surface area contributed by atoms with Gasteiger partial charge in [0.25, 0.3) is 5.91 Å². The summed E-state index contributed by atoms with van der Waals surface area (Å²) in [4.78, 5) is 15.8. The van der Waals surface area contributed by atoms with Gasteiger partial charge >= 0.3 is 0 Å². The number of carbonyl (C=O) groups is 1. The van der Waals surface area contributed by atoms with E-state index in [1.807, 2.05) is 6.92 Å². The predicted octanol–water partition coefficient (Wildman–Crippen LogP) is 1.37. The van der Waals surface area contributed by atoms with Gasteiger partial charge in [-0.25, -0.2) is 9.99 Å². The van der Waals surface area contributed by atoms with Gasteiger partial charge in [0.15, 0.2) is 0 Å². The number of pyridine rings is 1. The molecule has 0 aromatic carbocycles. The minimum Gasteiger partial charge on any atom is -0.370 e. The molecule has 0 unspecified atom stereocenters. The summed E-state index contributed by atoms with van der Waals surface area (Å²) in [6, 6.07) is 1.63. The molecule has 6 heteroatoms. The fourth-order valence-corrected chi connectivity index (χ4v) is 1.34. The third-order valence-corrected chi connectivity index (χ3v) is 2.08. The first kappa shape index (κ1) is 12.7.